The minimum atomic E-state index is -3.39. The van der Waals surface area contributed by atoms with E-state index >= 15 is 0 Å². The van der Waals surface area contributed by atoms with Crippen molar-refractivity contribution in [1.82, 2.24) is 9.97 Å². The van der Waals surface area contributed by atoms with Gasteiger partial charge < -0.3 is 4.98 Å². The van der Waals surface area contributed by atoms with Gasteiger partial charge in [0.15, 0.2) is 9.84 Å². The Morgan fingerprint density at radius 2 is 2.03 bits per heavy atom. The van der Waals surface area contributed by atoms with Crippen LogP contribution in [0, 0.1) is 5.92 Å². The number of nitrogens with zero attached hydrogens (tertiary/aromatic N) is 1. The van der Waals surface area contributed by atoms with Crippen LogP contribution < -0.4 is 0 Å². The second-order valence-electron chi connectivity index (χ2n) is 7.94. The molecule has 3 aromatic rings. The highest BCUT2D eigenvalue weighted by molar-refractivity contribution is 7.90. The number of hydrogen-bond acceptors (Lipinski definition) is 4. The maximum absolute atomic E-state index is 11.9. The summed E-state index contributed by atoms with van der Waals surface area (Å²) in [6.45, 7) is 0. The second kappa shape index (κ2) is 8.36. The first-order valence-corrected chi connectivity index (χ1v) is 12.2. The van der Waals surface area contributed by atoms with Crippen molar-refractivity contribution in [3.8, 4) is 11.4 Å². The third-order valence-corrected chi connectivity index (χ3v) is 7.28. The normalized spacial score (nSPS) is 17.9. The monoisotopic (exact) mass is 442 g/mol. The Morgan fingerprint density at radius 1 is 1.20 bits per heavy atom. The van der Waals surface area contributed by atoms with Crippen LogP contribution in [0.2, 0.25) is 5.02 Å². The Labute approximate surface area is 181 Å². The molecule has 0 bridgehead atoms. The molecule has 4 rings (SSSR count). The molecule has 1 aliphatic rings. The fourth-order valence-corrected chi connectivity index (χ4v) is 5.53. The fourth-order valence-electron chi connectivity index (χ4n) is 4.19. The van der Waals surface area contributed by atoms with Crippen LogP contribution in [0.3, 0.4) is 0 Å². The average molecular weight is 443 g/mol. The van der Waals surface area contributed by atoms with E-state index in [1.165, 1.54) is 0 Å². The zero-order valence-electron chi connectivity index (χ0n) is 16.6. The number of ketones is 1. The average Bonchev–Trinajstić information content (AvgIpc) is 3.35. The number of aromatic amines is 1. The van der Waals surface area contributed by atoms with E-state index in [9.17, 15) is 13.2 Å². The second-order valence-corrected chi connectivity index (χ2v) is 10.3. The molecule has 30 heavy (non-hydrogen) atoms. The first kappa shape index (κ1) is 20.8. The van der Waals surface area contributed by atoms with Gasteiger partial charge in [0.1, 0.15) is 5.78 Å². The Balaban J connectivity index is 1.71. The molecule has 0 spiro atoms. The lowest BCUT2D eigenvalue weighted by molar-refractivity contribution is -0.117. The highest BCUT2D eigenvalue weighted by Crippen LogP contribution is 2.38. The molecule has 2 heterocycles. The first-order valence-electron chi connectivity index (χ1n) is 9.93. The number of nitrogens with one attached hydrogen (secondary N) is 1. The number of halogens is 1. The molecular weight excluding hydrogens is 420 g/mol. The molecule has 0 radical (unpaired) electrons. The van der Waals surface area contributed by atoms with Gasteiger partial charge in [-0.3, -0.25) is 9.78 Å². The largest absolute Gasteiger partial charge is 0.357 e. The van der Waals surface area contributed by atoms with Gasteiger partial charge in [-0.1, -0.05) is 23.7 Å². The van der Waals surface area contributed by atoms with Crippen LogP contribution in [0.15, 0.2) is 59.6 Å². The lowest BCUT2D eigenvalue weighted by Crippen LogP contribution is -2.09. The van der Waals surface area contributed by atoms with Crippen molar-refractivity contribution >= 4 is 27.2 Å². The van der Waals surface area contributed by atoms with Crippen molar-refractivity contribution < 1.29 is 13.2 Å². The van der Waals surface area contributed by atoms with Crippen LogP contribution in [0.4, 0.5) is 0 Å². The zero-order chi connectivity index (χ0) is 21.3. The number of carbonyl (C=O) groups is 1. The summed E-state index contributed by atoms with van der Waals surface area (Å²) in [6.07, 6.45) is 5.82. The number of rotatable bonds is 6. The smallest absolute Gasteiger partial charge is 0.176 e. The van der Waals surface area contributed by atoms with Gasteiger partial charge in [0, 0.05) is 36.9 Å². The van der Waals surface area contributed by atoms with Gasteiger partial charge in [0.05, 0.1) is 21.3 Å². The van der Waals surface area contributed by atoms with Crippen molar-refractivity contribution in [2.24, 2.45) is 5.92 Å². The van der Waals surface area contributed by atoms with Crippen molar-refractivity contribution in [3.63, 3.8) is 0 Å². The topological polar surface area (TPSA) is 79.9 Å². The highest BCUT2D eigenvalue weighted by atomic mass is 35.5. The van der Waals surface area contributed by atoms with Crippen LogP contribution in [0.25, 0.3) is 11.4 Å². The van der Waals surface area contributed by atoms with Crippen LogP contribution in [-0.4, -0.2) is 30.4 Å². The predicted octanol–water partition coefficient (Wildman–Crippen LogP) is 5.02. The number of H-pyrrole nitrogens is 1. The number of carbonyl (C=O) groups excluding carboxylic acids is 1. The number of Topliss-reactive ketones (excluding diaryl/α,β-unsaturated/α-hetero) is 1. The molecule has 5 nitrogen and oxygen atoms in total. The lowest BCUT2D eigenvalue weighted by atomic mass is 9.86. The van der Waals surface area contributed by atoms with Gasteiger partial charge in [0.2, 0.25) is 0 Å². The Bertz CT molecular complexity index is 1170. The number of aromatic nitrogens is 2. The van der Waals surface area contributed by atoms with Crippen molar-refractivity contribution in [3.05, 3.63) is 71.0 Å². The van der Waals surface area contributed by atoms with Gasteiger partial charge in [-0.25, -0.2) is 8.42 Å². The SMILES string of the molecule is CS(=O)(=O)c1ccc(C(CC2CCC(=O)C2)c2ccc(-c3ccccn3)[nH]2)cc1Cl. The summed E-state index contributed by atoms with van der Waals surface area (Å²) < 4.78 is 23.9. The van der Waals surface area contributed by atoms with E-state index in [0.717, 1.165) is 41.7 Å². The summed E-state index contributed by atoms with van der Waals surface area (Å²) in [5.74, 6) is 0.590. The molecule has 2 unspecified atom stereocenters. The van der Waals surface area contributed by atoms with E-state index in [4.69, 9.17) is 11.6 Å². The first-order chi connectivity index (χ1) is 14.3. The molecule has 0 aliphatic heterocycles. The van der Waals surface area contributed by atoms with Gasteiger partial charge in [-0.05, 0) is 60.7 Å². The van der Waals surface area contributed by atoms with Crippen LogP contribution >= 0.6 is 11.6 Å². The molecule has 2 atom stereocenters. The summed E-state index contributed by atoms with van der Waals surface area (Å²) in [4.78, 5) is 19.8. The van der Waals surface area contributed by atoms with Crippen molar-refractivity contribution in [2.75, 3.05) is 6.26 Å². The maximum Gasteiger partial charge on any atom is 0.176 e. The number of pyridine rings is 1. The van der Waals surface area contributed by atoms with E-state index < -0.39 is 9.84 Å². The summed E-state index contributed by atoms with van der Waals surface area (Å²) in [5.41, 5.74) is 3.69. The van der Waals surface area contributed by atoms with E-state index in [0.29, 0.717) is 24.5 Å². The van der Waals surface area contributed by atoms with Gasteiger partial charge in [0.25, 0.3) is 0 Å². The summed E-state index contributed by atoms with van der Waals surface area (Å²) >= 11 is 6.33. The molecule has 0 amide bonds. The quantitative estimate of drug-likeness (QED) is 0.580. The molecule has 7 heteroatoms. The number of sulfone groups is 1. The molecule has 1 fully saturated rings. The summed E-state index contributed by atoms with van der Waals surface area (Å²) in [6, 6.07) is 14.9. The summed E-state index contributed by atoms with van der Waals surface area (Å²) in [7, 11) is -3.39. The fraction of sp³-hybridized carbons (Fsp3) is 0.304. The van der Waals surface area contributed by atoms with Gasteiger partial charge in [-0.15, -0.1) is 0 Å². The third-order valence-electron chi connectivity index (χ3n) is 5.70. The van der Waals surface area contributed by atoms with Crippen molar-refractivity contribution in [2.45, 2.75) is 36.5 Å². The molecule has 0 saturated heterocycles. The Kier molecular flexibility index (Phi) is 5.80. The van der Waals surface area contributed by atoms with E-state index in [1.54, 1.807) is 18.3 Å². The van der Waals surface area contributed by atoms with Crippen LogP contribution in [0.1, 0.15) is 42.9 Å². The Morgan fingerprint density at radius 3 is 2.67 bits per heavy atom. The standard InChI is InChI=1S/C23H23ClN2O3S/c1-30(28,29)23-10-6-16(14-19(23)24)18(13-15-5-7-17(27)12-15)20-8-9-22(26-20)21-4-2-3-11-25-21/h2-4,6,8-11,14-15,18,26H,5,7,12-13H2,1H3. The minimum absolute atomic E-state index is 0.0236. The zero-order valence-corrected chi connectivity index (χ0v) is 18.2. The molecule has 2 aromatic heterocycles. The third kappa shape index (κ3) is 4.50. The Hall–Kier alpha value is -2.44. The summed E-state index contributed by atoms with van der Waals surface area (Å²) in [5, 5.41) is 0.221. The highest BCUT2D eigenvalue weighted by Gasteiger charge is 2.28. The lowest BCUT2D eigenvalue weighted by Gasteiger charge is -2.21. The van der Waals surface area contributed by atoms with E-state index in [2.05, 4.69) is 9.97 Å². The van der Waals surface area contributed by atoms with E-state index in [1.807, 2.05) is 36.4 Å². The molecule has 1 N–H and O–H groups in total. The van der Waals surface area contributed by atoms with Gasteiger partial charge in [-0.2, -0.15) is 0 Å². The van der Waals surface area contributed by atoms with E-state index in [-0.39, 0.29) is 15.8 Å². The minimum Gasteiger partial charge on any atom is -0.357 e. The molecule has 1 saturated carbocycles. The number of hydrogen-bond donors (Lipinski definition) is 1. The predicted molar refractivity (Wildman–Crippen MR) is 117 cm³/mol. The molecular formula is C23H23ClN2O3S. The number of benzene rings is 1. The molecule has 1 aromatic carbocycles. The molecule has 156 valence electrons. The van der Waals surface area contributed by atoms with Crippen LogP contribution in [0.5, 0.6) is 0 Å². The molecule has 1 aliphatic carbocycles. The maximum atomic E-state index is 11.9. The van der Waals surface area contributed by atoms with Crippen molar-refractivity contribution in [1.29, 1.82) is 0 Å². The van der Waals surface area contributed by atoms with Crippen LogP contribution in [-0.2, 0) is 14.6 Å². The van der Waals surface area contributed by atoms with Gasteiger partial charge >= 0.3 is 0 Å².